The van der Waals surface area contributed by atoms with Gasteiger partial charge in [0.05, 0.1) is 6.54 Å². The fraction of sp³-hybridized carbons (Fsp3) is 0.875. The molecule has 0 saturated carbocycles. The molecule has 0 aliphatic carbocycles. The third-order valence-corrected chi connectivity index (χ3v) is 3.87. The number of piperazine rings is 1. The zero-order valence-corrected chi connectivity index (χ0v) is 10.4. The molecule has 16 heavy (non-hydrogen) atoms. The number of likely N-dealkylation sites (N-methyl/N-ethyl adjacent to an activating group) is 1. The summed E-state index contributed by atoms with van der Waals surface area (Å²) in [6.07, 6.45) is 0. The summed E-state index contributed by atoms with van der Waals surface area (Å²) >= 11 is 0. The Morgan fingerprint density at radius 1 is 1.38 bits per heavy atom. The number of nitrogens with one attached hydrogen (secondary N) is 2. The largest absolute Gasteiger partial charge is 0.348 e. The molecule has 1 fully saturated rings. The highest BCUT2D eigenvalue weighted by Gasteiger charge is 2.23. The average molecular weight is 250 g/mol. The lowest BCUT2D eigenvalue weighted by molar-refractivity contribution is -0.127. The molecule has 0 radical (unpaired) electrons. The van der Waals surface area contributed by atoms with Crippen molar-refractivity contribution in [1.29, 1.82) is 0 Å². The number of nitrogens with zero attached hydrogens (tertiary/aromatic N) is 2. The fourth-order valence-electron chi connectivity index (χ4n) is 1.29. The first-order valence-electron chi connectivity index (χ1n) is 5.09. The molecule has 0 aromatic rings. The average Bonchev–Trinajstić information content (AvgIpc) is 2.27. The maximum Gasteiger partial charge on any atom is 0.280 e. The van der Waals surface area contributed by atoms with E-state index in [1.807, 2.05) is 0 Å². The van der Waals surface area contributed by atoms with Crippen LogP contribution in [0.25, 0.3) is 0 Å². The third kappa shape index (κ3) is 3.71. The topological polar surface area (TPSA) is 81.8 Å². The summed E-state index contributed by atoms with van der Waals surface area (Å²) in [5.74, 6) is -0.265. The van der Waals surface area contributed by atoms with Gasteiger partial charge in [0.25, 0.3) is 10.2 Å². The smallest absolute Gasteiger partial charge is 0.280 e. The van der Waals surface area contributed by atoms with Gasteiger partial charge in [0.1, 0.15) is 0 Å². The Kier molecular flexibility index (Phi) is 4.66. The highest BCUT2D eigenvalue weighted by molar-refractivity contribution is 7.87. The number of rotatable bonds is 4. The molecule has 0 aromatic carbocycles. The van der Waals surface area contributed by atoms with E-state index in [-0.39, 0.29) is 12.5 Å². The summed E-state index contributed by atoms with van der Waals surface area (Å²) in [6.45, 7) is 1.96. The van der Waals surface area contributed by atoms with Crippen molar-refractivity contribution in [3.8, 4) is 0 Å². The normalized spacial score (nSPS) is 18.4. The number of hydrogen-bond donors (Lipinski definition) is 2. The van der Waals surface area contributed by atoms with E-state index >= 15 is 0 Å². The number of carbonyl (C=O) groups excluding carboxylic acids is 1. The molecule has 0 bridgehead atoms. The van der Waals surface area contributed by atoms with Crippen molar-refractivity contribution in [1.82, 2.24) is 19.2 Å². The predicted octanol–water partition coefficient (Wildman–Crippen LogP) is -2.19. The zero-order valence-electron chi connectivity index (χ0n) is 9.56. The quantitative estimate of drug-likeness (QED) is 0.594. The molecular formula is C8H18N4O3S. The summed E-state index contributed by atoms with van der Waals surface area (Å²) in [6, 6.07) is 0. The molecule has 1 rings (SSSR count). The molecule has 1 saturated heterocycles. The Morgan fingerprint density at radius 3 is 2.44 bits per heavy atom. The minimum absolute atomic E-state index is 0.195. The zero-order chi connectivity index (χ0) is 12.2. The molecule has 0 unspecified atom stereocenters. The van der Waals surface area contributed by atoms with Crippen molar-refractivity contribution in [3.05, 3.63) is 0 Å². The van der Waals surface area contributed by atoms with Gasteiger partial charge in [0.15, 0.2) is 0 Å². The van der Waals surface area contributed by atoms with E-state index in [0.717, 1.165) is 0 Å². The number of hydrogen-bond acceptors (Lipinski definition) is 4. The molecule has 0 spiro atoms. The highest BCUT2D eigenvalue weighted by Crippen LogP contribution is 1.99. The van der Waals surface area contributed by atoms with E-state index in [1.165, 1.54) is 9.21 Å². The van der Waals surface area contributed by atoms with Gasteiger partial charge in [-0.25, -0.2) is 0 Å². The predicted molar refractivity (Wildman–Crippen MR) is 60.1 cm³/mol. The van der Waals surface area contributed by atoms with Crippen molar-refractivity contribution in [3.63, 3.8) is 0 Å². The monoisotopic (exact) mass is 250 g/mol. The van der Waals surface area contributed by atoms with Crippen LogP contribution in [0.15, 0.2) is 0 Å². The van der Waals surface area contributed by atoms with E-state index in [1.54, 1.807) is 14.1 Å². The third-order valence-electron chi connectivity index (χ3n) is 2.32. The lowest BCUT2D eigenvalue weighted by Gasteiger charge is -2.26. The second kappa shape index (κ2) is 5.58. The molecule has 7 nitrogen and oxygen atoms in total. The number of amides is 1. The molecule has 8 heteroatoms. The van der Waals surface area contributed by atoms with E-state index < -0.39 is 10.2 Å². The second-order valence-corrected chi connectivity index (χ2v) is 5.52. The van der Waals surface area contributed by atoms with Crippen LogP contribution in [0.2, 0.25) is 0 Å². The first-order valence-corrected chi connectivity index (χ1v) is 6.53. The molecular weight excluding hydrogens is 232 g/mol. The highest BCUT2D eigenvalue weighted by atomic mass is 32.2. The van der Waals surface area contributed by atoms with Crippen molar-refractivity contribution in [2.24, 2.45) is 0 Å². The Labute approximate surface area is 96.0 Å². The van der Waals surface area contributed by atoms with E-state index in [2.05, 4.69) is 10.0 Å². The molecule has 94 valence electrons. The van der Waals surface area contributed by atoms with Crippen LogP contribution in [0.3, 0.4) is 0 Å². The SMILES string of the molecule is CN(C)C(=O)CNS(=O)(=O)N1CCNCC1. The van der Waals surface area contributed by atoms with Crippen molar-refractivity contribution in [2.45, 2.75) is 0 Å². The van der Waals surface area contributed by atoms with Gasteiger partial charge < -0.3 is 10.2 Å². The summed E-state index contributed by atoms with van der Waals surface area (Å²) in [5.41, 5.74) is 0. The maximum absolute atomic E-state index is 11.7. The van der Waals surface area contributed by atoms with Gasteiger partial charge >= 0.3 is 0 Å². The lowest BCUT2D eigenvalue weighted by Crippen LogP contribution is -2.51. The van der Waals surface area contributed by atoms with E-state index in [4.69, 9.17) is 0 Å². The molecule has 2 N–H and O–H groups in total. The first kappa shape index (κ1) is 13.4. The van der Waals surface area contributed by atoms with Gasteiger partial charge in [-0.05, 0) is 0 Å². The second-order valence-electron chi connectivity index (χ2n) is 3.76. The standard InChI is InChI=1S/C8H18N4O3S/c1-11(2)8(13)7-10-16(14,15)12-5-3-9-4-6-12/h9-10H,3-7H2,1-2H3. The van der Waals surface area contributed by atoms with Crippen LogP contribution in [0.1, 0.15) is 0 Å². The summed E-state index contributed by atoms with van der Waals surface area (Å²) in [5, 5.41) is 3.06. The minimum atomic E-state index is -3.52. The lowest BCUT2D eigenvalue weighted by atomic mass is 10.4. The molecule has 0 aromatic heterocycles. The van der Waals surface area contributed by atoms with Gasteiger partial charge in [-0.3, -0.25) is 4.79 Å². The van der Waals surface area contributed by atoms with Crippen LogP contribution in [0, 0.1) is 0 Å². The van der Waals surface area contributed by atoms with Crippen LogP contribution >= 0.6 is 0 Å². The Hall–Kier alpha value is -0.700. The molecule has 1 amide bonds. The van der Waals surface area contributed by atoms with Gasteiger partial charge in [-0.2, -0.15) is 17.4 Å². The van der Waals surface area contributed by atoms with Crippen molar-refractivity contribution in [2.75, 3.05) is 46.8 Å². The van der Waals surface area contributed by atoms with E-state index in [0.29, 0.717) is 26.2 Å². The summed E-state index contributed by atoms with van der Waals surface area (Å²) in [4.78, 5) is 12.6. The summed E-state index contributed by atoms with van der Waals surface area (Å²) < 4.78 is 27.1. The first-order chi connectivity index (χ1) is 7.43. The van der Waals surface area contributed by atoms with Gasteiger partial charge in [0, 0.05) is 40.3 Å². The van der Waals surface area contributed by atoms with Gasteiger partial charge in [-0.1, -0.05) is 0 Å². The van der Waals surface area contributed by atoms with Crippen LogP contribution in [-0.2, 0) is 15.0 Å². The Morgan fingerprint density at radius 2 is 1.94 bits per heavy atom. The summed E-state index contributed by atoms with van der Waals surface area (Å²) in [7, 11) is -0.347. The molecule has 1 aliphatic rings. The van der Waals surface area contributed by atoms with Crippen LogP contribution in [0.5, 0.6) is 0 Å². The Balaban J connectivity index is 2.48. The molecule has 1 aliphatic heterocycles. The minimum Gasteiger partial charge on any atom is -0.348 e. The van der Waals surface area contributed by atoms with Crippen molar-refractivity contribution < 1.29 is 13.2 Å². The van der Waals surface area contributed by atoms with Gasteiger partial charge in [-0.15, -0.1) is 0 Å². The van der Waals surface area contributed by atoms with Gasteiger partial charge in [0.2, 0.25) is 5.91 Å². The Bertz CT molecular complexity index is 335. The van der Waals surface area contributed by atoms with Crippen LogP contribution < -0.4 is 10.0 Å². The number of carbonyl (C=O) groups is 1. The molecule has 1 heterocycles. The maximum atomic E-state index is 11.7. The van der Waals surface area contributed by atoms with Crippen LogP contribution in [-0.4, -0.2) is 70.3 Å². The van der Waals surface area contributed by atoms with Crippen LogP contribution in [0.4, 0.5) is 0 Å². The van der Waals surface area contributed by atoms with Crippen molar-refractivity contribution >= 4 is 16.1 Å². The fourth-order valence-corrected chi connectivity index (χ4v) is 2.44. The van der Waals surface area contributed by atoms with E-state index in [9.17, 15) is 13.2 Å². The molecule has 0 atom stereocenters.